The zero-order valence-corrected chi connectivity index (χ0v) is 9.48. The van der Waals surface area contributed by atoms with Gasteiger partial charge in [-0.3, -0.25) is 0 Å². The van der Waals surface area contributed by atoms with Crippen molar-refractivity contribution < 1.29 is 4.74 Å². The van der Waals surface area contributed by atoms with Crippen LogP contribution in [0.1, 0.15) is 0 Å². The van der Waals surface area contributed by atoms with Gasteiger partial charge in [0.1, 0.15) is 16.6 Å². The lowest BCUT2D eigenvalue weighted by Gasteiger charge is -2.04. The summed E-state index contributed by atoms with van der Waals surface area (Å²) in [4.78, 5) is 0.899. The number of ether oxygens (including phenoxy) is 1. The first kappa shape index (κ1) is 11.8. The number of hydrogen-bond acceptors (Lipinski definition) is 5. The molecule has 0 saturated carbocycles. The largest absolute Gasteiger partial charge is 0.493 e. The Bertz CT molecular complexity index is 378. The van der Waals surface area contributed by atoms with Crippen LogP contribution in [0.5, 0.6) is 5.75 Å². The number of thiocyanates is 2. The Labute approximate surface area is 97.0 Å². The molecule has 76 valence electrons. The maximum Gasteiger partial charge on any atom is 0.138 e. The smallest absolute Gasteiger partial charge is 0.138 e. The summed E-state index contributed by atoms with van der Waals surface area (Å²) in [5, 5.41) is 20.7. The van der Waals surface area contributed by atoms with Gasteiger partial charge in [0.05, 0.1) is 6.61 Å². The first-order chi connectivity index (χ1) is 7.36. The number of benzene rings is 1. The van der Waals surface area contributed by atoms with Crippen LogP contribution in [0.15, 0.2) is 29.2 Å². The number of hydrogen-bond donors (Lipinski definition) is 0. The minimum absolute atomic E-state index is 0.517. The van der Waals surface area contributed by atoms with Gasteiger partial charge in [0.15, 0.2) is 0 Å². The number of nitrogens with zero attached hydrogens (tertiary/aromatic N) is 2. The van der Waals surface area contributed by atoms with Crippen molar-refractivity contribution in [3.8, 4) is 16.6 Å². The van der Waals surface area contributed by atoms with E-state index in [1.54, 1.807) is 0 Å². The van der Waals surface area contributed by atoms with E-state index in [1.807, 2.05) is 35.1 Å². The quantitative estimate of drug-likeness (QED) is 0.447. The molecule has 0 N–H and O–H groups in total. The Morgan fingerprint density at radius 1 is 1.13 bits per heavy atom. The van der Waals surface area contributed by atoms with Gasteiger partial charge in [-0.25, -0.2) is 0 Å². The van der Waals surface area contributed by atoms with Gasteiger partial charge in [-0.1, -0.05) is 0 Å². The molecule has 0 aliphatic rings. The Hall–Kier alpha value is -1.30. The molecule has 0 spiro atoms. The van der Waals surface area contributed by atoms with Crippen LogP contribution in [0.3, 0.4) is 0 Å². The summed E-state index contributed by atoms with van der Waals surface area (Å²) >= 11 is 2.29. The first-order valence-corrected chi connectivity index (χ1v) is 5.96. The van der Waals surface area contributed by atoms with Gasteiger partial charge < -0.3 is 4.74 Å². The van der Waals surface area contributed by atoms with Crippen molar-refractivity contribution >= 4 is 23.5 Å². The van der Waals surface area contributed by atoms with Gasteiger partial charge in [0.25, 0.3) is 0 Å². The molecule has 3 nitrogen and oxygen atoms in total. The number of nitriles is 2. The van der Waals surface area contributed by atoms with Crippen molar-refractivity contribution in [1.82, 2.24) is 0 Å². The number of thioether (sulfide) groups is 2. The third kappa shape index (κ3) is 4.64. The molecule has 1 aromatic rings. The SMILES string of the molecule is N#CSCCOc1ccc(SC#N)cc1. The highest BCUT2D eigenvalue weighted by Crippen LogP contribution is 2.20. The normalized spacial score (nSPS) is 8.93. The van der Waals surface area contributed by atoms with E-state index >= 15 is 0 Å². The van der Waals surface area contributed by atoms with Crippen LogP contribution in [-0.4, -0.2) is 12.4 Å². The van der Waals surface area contributed by atoms with Gasteiger partial charge in [0, 0.05) is 10.6 Å². The van der Waals surface area contributed by atoms with E-state index in [4.69, 9.17) is 15.3 Å². The third-order valence-electron chi connectivity index (χ3n) is 1.51. The molecule has 0 amide bonds. The van der Waals surface area contributed by atoms with E-state index in [0.717, 1.165) is 22.4 Å². The molecule has 15 heavy (non-hydrogen) atoms. The molecule has 0 fully saturated rings. The molecule has 0 heterocycles. The second-order valence-corrected chi connectivity index (χ2v) is 4.19. The maximum absolute atomic E-state index is 8.44. The minimum atomic E-state index is 0.517. The van der Waals surface area contributed by atoms with Gasteiger partial charge in [0.2, 0.25) is 0 Å². The van der Waals surface area contributed by atoms with Crippen molar-refractivity contribution in [2.24, 2.45) is 0 Å². The maximum atomic E-state index is 8.44. The second-order valence-electron chi connectivity index (χ2n) is 2.45. The molecule has 0 bridgehead atoms. The van der Waals surface area contributed by atoms with Crippen molar-refractivity contribution in [2.45, 2.75) is 4.90 Å². The summed E-state index contributed by atoms with van der Waals surface area (Å²) < 4.78 is 5.38. The van der Waals surface area contributed by atoms with Crippen LogP contribution in [0.2, 0.25) is 0 Å². The molecule has 0 saturated heterocycles. The highest BCUT2D eigenvalue weighted by atomic mass is 32.2. The summed E-state index contributed by atoms with van der Waals surface area (Å²) in [7, 11) is 0. The molecule has 0 aliphatic carbocycles. The highest BCUT2D eigenvalue weighted by molar-refractivity contribution is 8.03. The van der Waals surface area contributed by atoms with E-state index in [9.17, 15) is 0 Å². The molecular formula is C10H8N2OS2. The summed E-state index contributed by atoms with van der Waals surface area (Å²) in [6.45, 7) is 0.517. The lowest BCUT2D eigenvalue weighted by Crippen LogP contribution is -1.98. The predicted octanol–water partition coefficient (Wildman–Crippen LogP) is 2.85. The van der Waals surface area contributed by atoms with E-state index in [0.29, 0.717) is 12.4 Å². The minimum Gasteiger partial charge on any atom is -0.493 e. The lowest BCUT2D eigenvalue weighted by atomic mass is 10.3. The molecule has 0 unspecified atom stereocenters. The molecule has 5 heteroatoms. The van der Waals surface area contributed by atoms with Crippen LogP contribution < -0.4 is 4.74 Å². The molecule has 0 radical (unpaired) electrons. The van der Waals surface area contributed by atoms with Crippen LogP contribution in [0.25, 0.3) is 0 Å². The van der Waals surface area contributed by atoms with Crippen LogP contribution in [0, 0.1) is 21.3 Å². The first-order valence-electron chi connectivity index (χ1n) is 4.16. The fraction of sp³-hybridized carbons (Fsp3) is 0.200. The van der Waals surface area contributed by atoms with Crippen molar-refractivity contribution in [1.29, 1.82) is 10.5 Å². The predicted molar refractivity (Wildman–Crippen MR) is 61.5 cm³/mol. The standard InChI is InChI=1S/C10H8N2OS2/c11-7-14-6-5-13-9-1-3-10(4-2-9)15-8-12/h1-4H,5-6H2. The Morgan fingerprint density at radius 3 is 2.47 bits per heavy atom. The van der Waals surface area contributed by atoms with Crippen molar-refractivity contribution in [3.05, 3.63) is 24.3 Å². The van der Waals surface area contributed by atoms with E-state index in [1.165, 1.54) is 11.8 Å². The van der Waals surface area contributed by atoms with E-state index in [2.05, 4.69) is 0 Å². The summed E-state index contributed by atoms with van der Waals surface area (Å²) in [5.74, 6) is 1.42. The Balaban J connectivity index is 2.37. The fourth-order valence-electron chi connectivity index (χ4n) is 0.903. The van der Waals surface area contributed by atoms with Crippen molar-refractivity contribution in [3.63, 3.8) is 0 Å². The molecule has 1 aromatic carbocycles. The summed E-state index contributed by atoms with van der Waals surface area (Å²) in [6.07, 6.45) is 0. The average molecular weight is 236 g/mol. The molecular weight excluding hydrogens is 228 g/mol. The zero-order chi connectivity index (χ0) is 10.9. The highest BCUT2D eigenvalue weighted by Gasteiger charge is 1.95. The zero-order valence-electron chi connectivity index (χ0n) is 7.84. The second kappa shape index (κ2) is 7.05. The van der Waals surface area contributed by atoms with E-state index in [-0.39, 0.29) is 0 Å². The third-order valence-corrected chi connectivity index (χ3v) is 2.60. The van der Waals surface area contributed by atoms with Crippen molar-refractivity contribution in [2.75, 3.05) is 12.4 Å². The van der Waals surface area contributed by atoms with Gasteiger partial charge in [-0.2, -0.15) is 10.5 Å². The summed E-state index contributed by atoms with van der Waals surface area (Å²) in [6, 6.07) is 7.30. The molecule has 0 aromatic heterocycles. The Kier molecular flexibility index (Phi) is 5.54. The topological polar surface area (TPSA) is 56.8 Å². The Morgan fingerprint density at radius 2 is 1.87 bits per heavy atom. The van der Waals surface area contributed by atoms with Gasteiger partial charge in [-0.15, -0.1) is 0 Å². The van der Waals surface area contributed by atoms with Crippen LogP contribution >= 0.6 is 23.5 Å². The summed E-state index contributed by atoms with van der Waals surface area (Å²) in [5.41, 5.74) is 0. The van der Waals surface area contributed by atoms with Crippen LogP contribution in [-0.2, 0) is 0 Å². The fourth-order valence-corrected chi connectivity index (χ4v) is 1.54. The number of rotatable bonds is 5. The average Bonchev–Trinajstić information content (AvgIpc) is 2.27. The molecule has 1 rings (SSSR count). The monoisotopic (exact) mass is 236 g/mol. The van der Waals surface area contributed by atoms with E-state index < -0.39 is 0 Å². The van der Waals surface area contributed by atoms with Crippen LogP contribution in [0.4, 0.5) is 0 Å². The lowest BCUT2D eigenvalue weighted by molar-refractivity contribution is 0.344. The van der Waals surface area contributed by atoms with Gasteiger partial charge in [-0.05, 0) is 47.8 Å². The molecule has 0 aliphatic heterocycles. The molecule has 0 atom stereocenters. The van der Waals surface area contributed by atoms with Gasteiger partial charge >= 0.3 is 0 Å².